The Morgan fingerprint density at radius 3 is 2.56 bits per heavy atom. The lowest BCUT2D eigenvalue weighted by Gasteiger charge is -2.27. The number of hydrogen-bond acceptors (Lipinski definition) is 4. The normalized spacial score (nSPS) is 16.8. The Kier molecular flexibility index (Phi) is 6.79. The maximum absolute atomic E-state index is 12.7. The van der Waals surface area contributed by atoms with Crippen LogP contribution in [0.3, 0.4) is 0 Å². The van der Waals surface area contributed by atoms with Gasteiger partial charge in [0.05, 0.1) is 0 Å². The zero-order valence-corrected chi connectivity index (χ0v) is 15.4. The van der Waals surface area contributed by atoms with Crippen LogP contribution in [0.25, 0.3) is 0 Å². The van der Waals surface area contributed by atoms with Crippen molar-refractivity contribution < 1.29 is 14.3 Å². The first-order chi connectivity index (χ1) is 11.8. The van der Waals surface area contributed by atoms with Gasteiger partial charge < -0.3 is 15.4 Å². The highest BCUT2D eigenvalue weighted by molar-refractivity contribution is 5.95. The van der Waals surface area contributed by atoms with Crippen LogP contribution in [0.4, 0.5) is 10.6 Å². The molecule has 0 saturated heterocycles. The number of pyridine rings is 1. The smallest absolute Gasteiger partial charge is 0.408 e. The first kappa shape index (κ1) is 19.2. The zero-order chi connectivity index (χ0) is 18.3. The van der Waals surface area contributed by atoms with Crippen LogP contribution in [-0.4, -0.2) is 28.6 Å². The number of hydrogen-bond donors (Lipinski definition) is 2. The molecule has 0 radical (unpaired) electrons. The van der Waals surface area contributed by atoms with E-state index < -0.39 is 17.7 Å². The fraction of sp³-hybridized carbons (Fsp3) is 0.632. The highest BCUT2D eigenvalue weighted by Crippen LogP contribution is 2.27. The van der Waals surface area contributed by atoms with Gasteiger partial charge in [-0.05, 0) is 45.2 Å². The summed E-state index contributed by atoms with van der Waals surface area (Å²) in [6.07, 6.45) is 7.50. The van der Waals surface area contributed by atoms with Gasteiger partial charge in [0.1, 0.15) is 17.5 Å². The summed E-state index contributed by atoms with van der Waals surface area (Å²) in [6.45, 7) is 5.41. The van der Waals surface area contributed by atoms with Crippen LogP contribution in [-0.2, 0) is 9.53 Å². The molecule has 0 bridgehead atoms. The lowest BCUT2D eigenvalue weighted by atomic mass is 9.84. The Labute approximate surface area is 149 Å². The molecule has 2 amide bonds. The molecule has 1 aromatic rings. The average molecular weight is 347 g/mol. The summed E-state index contributed by atoms with van der Waals surface area (Å²) in [4.78, 5) is 28.9. The van der Waals surface area contributed by atoms with Crippen molar-refractivity contribution in [2.75, 3.05) is 5.32 Å². The summed E-state index contributed by atoms with van der Waals surface area (Å²) in [5, 5.41) is 5.52. The van der Waals surface area contributed by atoms with Gasteiger partial charge >= 0.3 is 6.09 Å². The number of nitrogens with zero attached hydrogens (tertiary/aromatic N) is 1. The van der Waals surface area contributed by atoms with Crippen molar-refractivity contribution in [2.45, 2.75) is 70.9 Å². The second kappa shape index (κ2) is 8.83. The predicted molar refractivity (Wildman–Crippen MR) is 97.2 cm³/mol. The van der Waals surface area contributed by atoms with Crippen LogP contribution in [0.2, 0.25) is 0 Å². The van der Waals surface area contributed by atoms with Crippen molar-refractivity contribution in [1.82, 2.24) is 10.3 Å². The molecule has 25 heavy (non-hydrogen) atoms. The van der Waals surface area contributed by atoms with E-state index in [2.05, 4.69) is 15.6 Å². The first-order valence-corrected chi connectivity index (χ1v) is 9.05. The van der Waals surface area contributed by atoms with E-state index in [0.29, 0.717) is 18.2 Å². The van der Waals surface area contributed by atoms with Gasteiger partial charge in [0.15, 0.2) is 0 Å². The van der Waals surface area contributed by atoms with E-state index in [-0.39, 0.29) is 5.91 Å². The number of aromatic nitrogens is 1. The van der Waals surface area contributed by atoms with Crippen LogP contribution in [0.5, 0.6) is 0 Å². The SMILES string of the molecule is CC(C)(C)OC(=O)NC(CC1CCCCC1)C(=O)Nc1ccccn1. The molecular formula is C19H29N3O3. The summed E-state index contributed by atoms with van der Waals surface area (Å²) in [5.74, 6) is 0.672. The van der Waals surface area contributed by atoms with Gasteiger partial charge in [-0.15, -0.1) is 0 Å². The van der Waals surface area contributed by atoms with Crippen molar-refractivity contribution in [3.05, 3.63) is 24.4 Å². The minimum Gasteiger partial charge on any atom is -0.444 e. The van der Waals surface area contributed by atoms with E-state index in [1.54, 1.807) is 45.2 Å². The van der Waals surface area contributed by atoms with Crippen molar-refractivity contribution >= 4 is 17.8 Å². The fourth-order valence-electron chi connectivity index (χ4n) is 3.09. The fourth-order valence-corrected chi connectivity index (χ4v) is 3.09. The van der Waals surface area contributed by atoms with Crippen LogP contribution in [0.1, 0.15) is 59.3 Å². The molecular weight excluding hydrogens is 318 g/mol. The molecule has 1 heterocycles. The first-order valence-electron chi connectivity index (χ1n) is 9.05. The molecule has 0 aromatic carbocycles. The monoisotopic (exact) mass is 347 g/mol. The molecule has 138 valence electrons. The molecule has 6 nitrogen and oxygen atoms in total. The summed E-state index contributed by atoms with van der Waals surface area (Å²) >= 11 is 0. The molecule has 1 aromatic heterocycles. The number of carbonyl (C=O) groups is 2. The third kappa shape index (κ3) is 7.11. The van der Waals surface area contributed by atoms with Gasteiger partial charge in [-0.2, -0.15) is 0 Å². The number of alkyl carbamates (subject to hydrolysis) is 1. The molecule has 2 N–H and O–H groups in total. The standard InChI is InChI=1S/C19H29N3O3/c1-19(2,3)25-18(24)21-15(13-14-9-5-4-6-10-14)17(23)22-16-11-7-8-12-20-16/h7-8,11-12,14-15H,4-6,9-10,13H2,1-3H3,(H,21,24)(H,20,22,23). The lowest BCUT2D eigenvalue weighted by Crippen LogP contribution is -2.47. The van der Waals surface area contributed by atoms with E-state index >= 15 is 0 Å². The Morgan fingerprint density at radius 2 is 1.96 bits per heavy atom. The van der Waals surface area contributed by atoms with Gasteiger partial charge in [0, 0.05) is 6.20 Å². The molecule has 1 saturated carbocycles. The molecule has 1 fully saturated rings. The molecule has 1 atom stereocenters. The van der Waals surface area contributed by atoms with Gasteiger partial charge in [0.2, 0.25) is 5.91 Å². The molecule has 1 aliphatic rings. The summed E-state index contributed by atoms with van der Waals surface area (Å²) < 4.78 is 5.31. The summed E-state index contributed by atoms with van der Waals surface area (Å²) in [7, 11) is 0. The third-order valence-electron chi connectivity index (χ3n) is 4.22. The number of carbonyl (C=O) groups excluding carboxylic acids is 2. The Morgan fingerprint density at radius 1 is 1.24 bits per heavy atom. The largest absolute Gasteiger partial charge is 0.444 e. The maximum Gasteiger partial charge on any atom is 0.408 e. The Bertz CT molecular complexity index is 563. The van der Waals surface area contributed by atoms with E-state index in [1.807, 2.05) is 0 Å². The van der Waals surface area contributed by atoms with Crippen LogP contribution >= 0.6 is 0 Å². The number of anilines is 1. The van der Waals surface area contributed by atoms with Crippen LogP contribution < -0.4 is 10.6 Å². The van der Waals surface area contributed by atoms with Crippen LogP contribution in [0.15, 0.2) is 24.4 Å². The molecule has 1 aliphatic carbocycles. The van der Waals surface area contributed by atoms with Crippen LogP contribution in [0, 0.1) is 5.92 Å². The maximum atomic E-state index is 12.7. The minimum atomic E-state index is -0.625. The minimum absolute atomic E-state index is 0.255. The van der Waals surface area contributed by atoms with E-state index in [1.165, 1.54) is 19.3 Å². The molecule has 2 rings (SSSR count). The molecule has 0 aliphatic heterocycles. The van der Waals surface area contributed by atoms with E-state index in [9.17, 15) is 9.59 Å². The predicted octanol–water partition coefficient (Wildman–Crippen LogP) is 3.88. The van der Waals surface area contributed by atoms with Crippen molar-refractivity contribution in [1.29, 1.82) is 0 Å². The van der Waals surface area contributed by atoms with Gasteiger partial charge in [-0.25, -0.2) is 9.78 Å². The number of amides is 2. The molecule has 6 heteroatoms. The van der Waals surface area contributed by atoms with Gasteiger partial charge in [-0.3, -0.25) is 4.79 Å². The second-order valence-corrected chi connectivity index (χ2v) is 7.64. The molecule has 0 spiro atoms. The van der Waals surface area contributed by atoms with Crippen molar-refractivity contribution in [3.63, 3.8) is 0 Å². The van der Waals surface area contributed by atoms with Gasteiger partial charge in [0.25, 0.3) is 0 Å². The number of nitrogens with one attached hydrogen (secondary N) is 2. The van der Waals surface area contributed by atoms with Gasteiger partial charge in [-0.1, -0.05) is 38.2 Å². The molecule has 1 unspecified atom stereocenters. The number of rotatable bonds is 5. The van der Waals surface area contributed by atoms with E-state index in [0.717, 1.165) is 12.8 Å². The summed E-state index contributed by atoms with van der Waals surface area (Å²) in [5.41, 5.74) is -0.600. The second-order valence-electron chi connectivity index (χ2n) is 7.64. The Hall–Kier alpha value is -2.11. The van der Waals surface area contributed by atoms with Crippen molar-refractivity contribution in [3.8, 4) is 0 Å². The Balaban J connectivity index is 2.01. The lowest BCUT2D eigenvalue weighted by molar-refractivity contribution is -0.118. The highest BCUT2D eigenvalue weighted by atomic mass is 16.6. The zero-order valence-electron chi connectivity index (χ0n) is 15.4. The quantitative estimate of drug-likeness (QED) is 0.847. The van der Waals surface area contributed by atoms with E-state index in [4.69, 9.17) is 4.74 Å². The third-order valence-corrected chi connectivity index (χ3v) is 4.22. The summed E-state index contributed by atoms with van der Waals surface area (Å²) in [6, 6.07) is 4.69. The van der Waals surface area contributed by atoms with Crippen molar-refractivity contribution in [2.24, 2.45) is 5.92 Å². The average Bonchev–Trinajstić information content (AvgIpc) is 2.54. The topological polar surface area (TPSA) is 80.3 Å². The number of ether oxygens (including phenoxy) is 1. The highest BCUT2D eigenvalue weighted by Gasteiger charge is 2.28.